The summed E-state index contributed by atoms with van der Waals surface area (Å²) in [6.45, 7) is 3.37. The van der Waals surface area contributed by atoms with Crippen LogP contribution in [0, 0.1) is 6.92 Å². The molecule has 0 aromatic carbocycles. The molecule has 0 radical (unpaired) electrons. The van der Waals surface area contributed by atoms with Gasteiger partial charge in [-0.3, -0.25) is 4.79 Å². The third-order valence-electron chi connectivity index (χ3n) is 2.69. The fourth-order valence-corrected chi connectivity index (χ4v) is 1.80. The summed E-state index contributed by atoms with van der Waals surface area (Å²) in [5.74, 6) is -0.0759. The van der Waals surface area contributed by atoms with Gasteiger partial charge in [0.2, 0.25) is 0 Å². The predicted molar refractivity (Wildman–Crippen MR) is 70.8 cm³/mol. The lowest BCUT2D eigenvalue weighted by atomic mass is 10.2. The molecule has 0 unspecified atom stereocenters. The zero-order valence-corrected chi connectivity index (χ0v) is 11.0. The van der Waals surface area contributed by atoms with Crippen molar-refractivity contribution in [1.82, 2.24) is 19.6 Å². The molecule has 5 nitrogen and oxygen atoms in total. The van der Waals surface area contributed by atoms with Gasteiger partial charge in [-0.25, -0.2) is 4.98 Å². The highest BCUT2D eigenvalue weighted by Gasteiger charge is 2.11. The largest absolute Gasteiger partial charge is 0.351 e. The fourth-order valence-electron chi connectivity index (χ4n) is 1.80. The number of pyridine rings is 1. The fraction of sp³-hybridized carbons (Fsp3) is 0.385. The van der Waals surface area contributed by atoms with E-state index in [0.717, 1.165) is 12.2 Å². The molecule has 2 heterocycles. The minimum absolute atomic E-state index is 0.0759. The molecule has 0 saturated carbocycles. The normalized spacial score (nSPS) is 11.1. The molecule has 0 aliphatic carbocycles. The average Bonchev–Trinajstić information content (AvgIpc) is 2.67. The van der Waals surface area contributed by atoms with Crippen LogP contribution >= 0.6 is 0 Å². The number of nitrogens with zero attached hydrogens (tertiary/aromatic N) is 3. The molecule has 96 valence electrons. The molecule has 1 N–H and O–H groups in total. The van der Waals surface area contributed by atoms with E-state index in [1.54, 1.807) is 6.07 Å². The molecule has 1 amide bonds. The summed E-state index contributed by atoms with van der Waals surface area (Å²) in [5.41, 5.74) is 2.23. The number of hydrogen-bond donors (Lipinski definition) is 1. The van der Waals surface area contributed by atoms with Crippen LogP contribution in [0.25, 0.3) is 5.65 Å². The van der Waals surface area contributed by atoms with Crippen LogP contribution in [0.1, 0.15) is 16.1 Å². The highest BCUT2D eigenvalue weighted by Crippen LogP contribution is 2.10. The summed E-state index contributed by atoms with van der Waals surface area (Å²) >= 11 is 0. The summed E-state index contributed by atoms with van der Waals surface area (Å²) in [7, 11) is 3.95. The second-order valence-electron chi connectivity index (χ2n) is 4.59. The van der Waals surface area contributed by atoms with Crippen molar-refractivity contribution >= 4 is 11.6 Å². The topological polar surface area (TPSA) is 49.6 Å². The van der Waals surface area contributed by atoms with E-state index >= 15 is 0 Å². The summed E-state index contributed by atoms with van der Waals surface area (Å²) < 4.78 is 1.87. The molecule has 2 aromatic heterocycles. The van der Waals surface area contributed by atoms with Crippen LogP contribution < -0.4 is 5.32 Å². The van der Waals surface area contributed by atoms with Gasteiger partial charge in [0.1, 0.15) is 5.65 Å². The van der Waals surface area contributed by atoms with Crippen molar-refractivity contribution in [3.05, 3.63) is 35.8 Å². The smallest absolute Gasteiger partial charge is 0.255 e. The van der Waals surface area contributed by atoms with Crippen molar-refractivity contribution in [1.29, 1.82) is 0 Å². The van der Waals surface area contributed by atoms with Crippen molar-refractivity contribution in [2.75, 3.05) is 27.2 Å². The number of carbonyl (C=O) groups excluding carboxylic acids is 1. The van der Waals surface area contributed by atoms with Gasteiger partial charge in [0.05, 0.1) is 11.3 Å². The van der Waals surface area contributed by atoms with Crippen molar-refractivity contribution in [3.8, 4) is 0 Å². The lowest BCUT2D eigenvalue weighted by molar-refractivity contribution is 0.0952. The van der Waals surface area contributed by atoms with E-state index in [-0.39, 0.29) is 5.91 Å². The Kier molecular flexibility index (Phi) is 3.62. The minimum atomic E-state index is -0.0759. The Morgan fingerprint density at radius 1 is 1.50 bits per heavy atom. The van der Waals surface area contributed by atoms with E-state index in [1.165, 1.54) is 0 Å². The Labute approximate surface area is 106 Å². The van der Waals surface area contributed by atoms with Crippen LogP contribution in [-0.4, -0.2) is 47.4 Å². The maximum absolute atomic E-state index is 12.1. The van der Waals surface area contributed by atoms with E-state index < -0.39 is 0 Å². The summed E-state index contributed by atoms with van der Waals surface area (Å²) in [6, 6.07) is 3.65. The molecule has 0 aliphatic rings. The number of fused-ring (bicyclic) bond motifs is 1. The average molecular weight is 246 g/mol. The van der Waals surface area contributed by atoms with Crippen LogP contribution in [0.3, 0.4) is 0 Å². The SMILES string of the molecule is Cc1cn2cccc(C(=O)NCCN(C)C)c2n1. The Morgan fingerprint density at radius 3 is 3.00 bits per heavy atom. The number of aryl methyl sites for hydroxylation is 1. The van der Waals surface area contributed by atoms with E-state index in [4.69, 9.17) is 0 Å². The first-order valence-corrected chi connectivity index (χ1v) is 5.95. The van der Waals surface area contributed by atoms with Crippen molar-refractivity contribution in [2.45, 2.75) is 6.92 Å². The lowest BCUT2D eigenvalue weighted by Crippen LogP contribution is -2.31. The number of nitrogens with one attached hydrogen (secondary N) is 1. The summed E-state index contributed by atoms with van der Waals surface area (Å²) in [5, 5.41) is 2.90. The molecule has 5 heteroatoms. The molecule has 2 rings (SSSR count). The maximum atomic E-state index is 12.1. The van der Waals surface area contributed by atoms with Gasteiger partial charge in [-0.05, 0) is 33.2 Å². The third-order valence-corrected chi connectivity index (χ3v) is 2.69. The molecule has 0 atom stereocenters. The molecule has 0 bridgehead atoms. The molecular weight excluding hydrogens is 228 g/mol. The summed E-state index contributed by atoms with van der Waals surface area (Å²) in [6.07, 6.45) is 3.80. The highest BCUT2D eigenvalue weighted by atomic mass is 16.1. The first kappa shape index (κ1) is 12.6. The molecular formula is C13H18N4O. The first-order chi connectivity index (χ1) is 8.58. The van der Waals surface area contributed by atoms with Crippen LogP contribution in [0.2, 0.25) is 0 Å². The Hall–Kier alpha value is -1.88. The second-order valence-corrected chi connectivity index (χ2v) is 4.59. The standard InChI is InChI=1S/C13H18N4O/c1-10-9-17-7-4-5-11(12(17)15-10)13(18)14-6-8-16(2)3/h4-5,7,9H,6,8H2,1-3H3,(H,14,18). The van der Waals surface area contributed by atoms with Crippen LogP contribution in [0.15, 0.2) is 24.5 Å². The Morgan fingerprint density at radius 2 is 2.28 bits per heavy atom. The molecule has 0 saturated heterocycles. The van der Waals surface area contributed by atoms with Gasteiger partial charge >= 0.3 is 0 Å². The Bertz CT molecular complexity index is 559. The highest BCUT2D eigenvalue weighted by molar-refractivity contribution is 5.99. The maximum Gasteiger partial charge on any atom is 0.255 e. The quantitative estimate of drug-likeness (QED) is 0.873. The van der Waals surface area contributed by atoms with Gasteiger partial charge < -0.3 is 14.6 Å². The number of carbonyl (C=O) groups is 1. The van der Waals surface area contributed by atoms with Gasteiger partial charge in [-0.2, -0.15) is 0 Å². The zero-order valence-electron chi connectivity index (χ0n) is 11.0. The van der Waals surface area contributed by atoms with Crippen LogP contribution in [0.4, 0.5) is 0 Å². The van der Waals surface area contributed by atoms with Crippen molar-refractivity contribution < 1.29 is 4.79 Å². The van der Waals surface area contributed by atoms with Crippen molar-refractivity contribution in [3.63, 3.8) is 0 Å². The van der Waals surface area contributed by atoms with Gasteiger partial charge in [-0.1, -0.05) is 0 Å². The van der Waals surface area contributed by atoms with Gasteiger partial charge in [0.25, 0.3) is 5.91 Å². The minimum Gasteiger partial charge on any atom is -0.351 e. The van der Waals surface area contributed by atoms with Crippen LogP contribution in [-0.2, 0) is 0 Å². The number of rotatable bonds is 4. The second kappa shape index (κ2) is 5.18. The Balaban J connectivity index is 2.17. The zero-order chi connectivity index (χ0) is 13.1. The van der Waals surface area contributed by atoms with E-state index in [2.05, 4.69) is 10.3 Å². The number of aromatic nitrogens is 2. The number of likely N-dealkylation sites (N-methyl/N-ethyl adjacent to an activating group) is 1. The molecule has 0 aliphatic heterocycles. The molecule has 0 spiro atoms. The monoisotopic (exact) mass is 246 g/mol. The molecule has 18 heavy (non-hydrogen) atoms. The number of amides is 1. The van der Waals surface area contributed by atoms with E-state index in [0.29, 0.717) is 17.8 Å². The number of imidazole rings is 1. The van der Waals surface area contributed by atoms with Crippen molar-refractivity contribution in [2.24, 2.45) is 0 Å². The summed E-state index contributed by atoms with van der Waals surface area (Å²) in [4.78, 5) is 18.5. The van der Waals surface area contributed by atoms with Gasteiger partial charge in [0.15, 0.2) is 0 Å². The van der Waals surface area contributed by atoms with E-state index in [9.17, 15) is 4.79 Å². The van der Waals surface area contributed by atoms with Gasteiger partial charge in [-0.15, -0.1) is 0 Å². The molecule has 0 fully saturated rings. The van der Waals surface area contributed by atoms with Crippen LogP contribution in [0.5, 0.6) is 0 Å². The predicted octanol–water partition coefficient (Wildman–Crippen LogP) is 0.934. The lowest BCUT2D eigenvalue weighted by Gasteiger charge is -2.10. The van der Waals surface area contributed by atoms with Gasteiger partial charge in [0, 0.05) is 25.5 Å². The van der Waals surface area contributed by atoms with E-state index in [1.807, 2.05) is 48.8 Å². The molecule has 2 aromatic rings. The number of hydrogen-bond acceptors (Lipinski definition) is 3. The third kappa shape index (κ3) is 2.68. The first-order valence-electron chi connectivity index (χ1n) is 5.95.